The standard InChI is InChI=1S/C33H52O2/c1-8-9-14-27(30-22-29(35-26(6)34)17-16-24(30)4)21-28-15-11-20-33(7)31(18-19-32(28)33)25(5)13-10-12-23(2)3/h8,21,23,25,29,31-32H,1,4,9-20,22H2,2-3,5-7H3/b28-21+,30-27+/t25-,29+,31-,32+,33-/m1/s1. The number of allylic oxidation sites excluding steroid dienone is 5. The van der Waals surface area contributed by atoms with Crippen molar-refractivity contribution in [2.75, 3.05) is 0 Å². The fraction of sp³-hybridized carbons (Fsp3) is 0.727. The van der Waals surface area contributed by atoms with Gasteiger partial charge in [-0.1, -0.05) is 76.8 Å². The van der Waals surface area contributed by atoms with Gasteiger partial charge in [-0.05, 0) is 98.0 Å². The van der Waals surface area contributed by atoms with Crippen LogP contribution in [0.1, 0.15) is 118 Å². The monoisotopic (exact) mass is 480 g/mol. The summed E-state index contributed by atoms with van der Waals surface area (Å²) in [5, 5.41) is 0. The van der Waals surface area contributed by atoms with Crippen LogP contribution in [0.15, 0.2) is 47.6 Å². The second kappa shape index (κ2) is 12.6. The van der Waals surface area contributed by atoms with Gasteiger partial charge in [0.25, 0.3) is 0 Å². The minimum atomic E-state index is -0.171. The Morgan fingerprint density at radius 1 is 1.17 bits per heavy atom. The Hall–Kier alpha value is -1.57. The molecule has 2 heteroatoms. The van der Waals surface area contributed by atoms with Crippen molar-refractivity contribution in [3.05, 3.63) is 47.6 Å². The lowest BCUT2D eigenvalue weighted by atomic mass is 9.60. The molecule has 0 unspecified atom stereocenters. The lowest BCUT2D eigenvalue weighted by Gasteiger charge is -2.44. The molecule has 0 aromatic rings. The zero-order chi connectivity index (χ0) is 25.6. The molecule has 0 aromatic heterocycles. The summed E-state index contributed by atoms with van der Waals surface area (Å²) in [6, 6.07) is 0. The molecule has 3 rings (SSSR count). The van der Waals surface area contributed by atoms with Crippen molar-refractivity contribution in [1.82, 2.24) is 0 Å². The number of fused-ring (bicyclic) bond motifs is 1. The van der Waals surface area contributed by atoms with Crippen LogP contribution in [0.4, 0.5) is 0 Å². The molecule has 3 aliphatic carbocycles. The molecule has 3 saturated carbocycles. The lowest BCUT2D eigenvalue weighted by molar-refractivity contribution is -0.146. The highest BCUT2D eigenvalue weighted by Gasteiger charge is 2.50. The van der Waals surface area contributed by atoms with Gasteiger partial charge >= 0.3 is 5.97 Å². The van der Waals surface area contributed by atoms with Gasteiger partial charge < -0.3 is 4.74 Å². The first-order chi connectivity index (χ1) is 16.7. The van der Waals surface area contributed by atoms with Crippen LogP contribution in [0, 0.1) is 29.1 Å². The molecule has 0 saturated heterocycles. The van der Waals surface area contributed by atoms with Crippen LogP contribution >= 0.6 is 0 Å². The van der Waals surface area contributed by atoms with Crippen molar-refractivity contribution in [3.63, 3.8) is 0 Å². The summed E-state index contributed by atoms with van der Waals surface area (Å²) in [7, 11) is 0. The summed E-state index contributed by atoms with van der Waals surface area (Å²) in [6.07, 6.45) is 20.0. The normalized spacial score (nSPS) is 32.5. The summed E-state index contributed by atoms with van der Waals surface area (Å²) in [6.45, 7) is 19.8. The highest BCUT2D eigenvalue weighted by Crippen LogP contribution is 2.60. The Kier molecular flexibility index (Phi) is 10.1. The zero-order valence-corrected chi connectivity index (χ0v) is 23.5. The Balaban J connectivity index is 1.85. The Bertz CT molecular complexity index is 828. The van der Waals surface area contributed by atoms with E-state index < -0.39 is 0 Å². The molecule has 0 radical (unpaired) electrons. The molecule has 2 nitrogen and oxygen atoms in total. The smallest absolute Gasteiger partial charge is 0.302 e. The van der Waals surface area contributed by atoms with E-state index in [-0.39, 0.29) is 12.1 Å². The maximum Gasteiger partial charge on any atom is 0.302 e. The van der Waals surface area contributed by atoms with E-state index >= 15 is 0 Å². The topological polar surface area (TPSA) is 26.3 Å². The summed E-state index contributed by atoms with van der Waals surface area (Å²) >= 11 is 0. The van der Waals surface area contributed by atoms with Gasteiger partial charge in [0.2, 0.25) is 0 Å². The van der Waals surface area contributed by atoms with Gasteiger partial charge in [0.15, 0.2) is 0 Å². The van der Waals surface area contributed by atoms with Crippen LogP contribution in [0.2, 0.25) is 0 Å². The van der Waals surface area contributed by atoms with Gasteiger partial charge in [0, 0.05) is 13.3 Å². The van der Waals surface area contributed by atoms with Crippen LogP contribution in [0.25, 0.3) is 0 Å². The first-order valence-electron chi connectivity index (χ1n) is 14.5. The van der Waals surface area contributed by atoms with E-state index in [1.54, 1.807) is 5.57 Å². The molecule has 196 valence electrons. The van der Waals surface area contributed by atoms with Crippen LogP contribution in [0.3, 0.4) is 0 Å². The predicted octanol–water partition coefficient (Wildman–Crippen LogP) is 9.53. The maximum atomic E-state index is 11.6. The van der Waals surface area contributed by atoms with Gasteiger partial charge in [-0.3, -0.25) is 4.79 Å². The highest BCUT2D eigenvalue weighted by molar-refractivity contribution is 5.66. The van der Waals surface area contributed by atoms with Crippen molar-refractivity contribution >= 4 is 5.97 Å². The summed E-state index contributed by atoms with van der Waals surface area (Å²) in [4.78, 5) is 11.6. The van der Waals surface area contributed by atoms with Crippen LogP contribution < -0.4 is 0 Å². The van der Waals surface area contributed by atoms with E-state index in [4.69, 9.17) is 4.74 Å². The molecule has 35 heavy (non-hydrogen) atoms. The molecule has 0 amide bonds. The third kappa shape index (κ3) is 7.01. The van der Waals surface area contributed by atoms with Gasteiger partial charge in [-0.2, -0.15) is 0 Å². The molecular formula is C33H52O2. The zero-order valence-electron chi connectivity index (χ0n) is 23.5. The van der Waals surface area contributed by atoms with E-state index in [2.05, 4.69) is 46.9 Å². The van der Waals surface area contributed by atoms with E-state index in [0.717, 1.165) is 49.9 Å². The number of carbonyl (C=O) groups excluding carboxylic acids is 1. The van der Waals surface area contributed by atoms with Crippen molar-refractivity contribution in [1.29, 1.82) is 0 Å². The second-order valence-corrected chi connectivity index (χ2v) is 12.5. The predicted molar refractivity (Wildman–Crippen MR) is 149 cm³/mol. The van der Waals surface area contributed by atoms with E-state index in [0.29, 0.717) is 11.3 Å². The average molecular weight is 481 g/mol. The van der Waals surface area contributed by atoms with Crippen molar-refractivity contribution in [2.24, 2.45) is 29.1 Å². The van der Waals surface area contributed by atoms with E-state index in [9.17, 15) is 4.79 Å². The summed E-state index contributed by atoms with van der Waals surface area (Å²) in [5.41, 5.74) is 6.15. The molecule has 0 heterocycles. The number of hydrogen-bond donors (Lipinski definition) is 0. The number of ether oxygens (including phenoxy) is 1. The highest BCUT2D eigenvalue weighted by atomic mass is 16.5. The molecule has 3 aliphatic rings. The number of esters is 1. The van der Waals surface area contributed by atoms with Gasteiger partial charge in [-0.25, -0.2) is 0 Å². The first kappa shape index (κ1) is 28.0. The number of carbonyl (C=O) groups is 1. The SMILES string of the molecule is C=CCCC(/C=C1\CCC[C@]2(C)[C@@H]([C@H](C)CCCC(C)C)CC[C@@H]12)=C1/C[C@@H](OC(C)=O)CCC1=C. The van der Waals surface area contributed by atoms with Crippen molar-refractivity contribution in [2.45, 2.75) is 124 Å². The van der Waals surface area contributed by atoms with E-state index in [1.165, 1.54) is 75.0 Å². The minimum Gasteiger partial charge on any atom is -0.462 e. The van der Waals surface area contributed by atoms with Crippen LogP contribution in [-0.2, 0) is 9.53 Å². The summed E-state index contributed by atoms with van der Waals surface area (Å²) in [5.74, 6) is 3.04. The third-order valence-corrected chi connectivity index (χ3v) is 9.49. The number of rotatable bonds is 10. The van der Waals surface area contributed by atoms with Gasteiger partial charge in [0.05, 0.1) is 0 Å². The number of hydrogen-bond acceptors (Lipinski definition) is 2. The average Bonchev–Trinajstić information content (AvgIpc) is 3.15. The Morgan fingerprint density at radius 2 is 1.94 bits per heavy atom. The second-order valence-electron chi connectivity index (χ2n) is 12.5. The van der Waals surface area contributed by atoms with Crippen molar-refractivity contribution in [3.8, 4) is 0 Å². The summed E-state index contributed by atoms with van der Waals surface area (Å²) < 4.78 is 5.63. The third-order valence-electron chi connectivity index (χ3n) is 9.49. The fourth-order valence-corrected chi connectivity index (χ4v) is 7.68. The molecule has 0 N–H and O–H groups in total. The Morgan fingerprint density at radius 3 is 2.63 bits per heavy atom. The van der Waals surface area contributed by atoms with Crippen LogP contribution in [-0.4, -0.2) is 12.1 Å². The molecule has 0 aliphatic heterocycles. The molecular weight excluding hydrogens is 428 g/mol. The quantitative estimate of drug-likeness (QED) is 0.230. The maximum absolute atomic E-state index is 11.6. The van der Waals surface area contributed by atoms with E-state index in [1.807, 2.05) is 6.08 Å². The minimum absolute atomic E-state index is 0.00991. The molecule has 3 fully saturated rings. The first-order valence-corrected chi connectivity index (χ1v) is 14.5. The molecule has 0 aromatic carbocycles. The van der Waals surface area contributed by atoms with Gasteiger partial charge in [-0.15, -0.1) is 6.58 Å². The lowest BCUT2D eigenvalue weighted by Crippen LogP contribution is -2.36. The van der Waals surface area contributed by atoms with Crippen molar-refractivity contribution < 1.29 is 9.53 Å². The molecule has 0 bridgehead atoms. The Labute approximate surface area is 216 Å². The van der Waals surface area contributed by atoms with Crippen LogP contribution in [0.5, 0.6) is 0 Å². The molecule has 0 spiro atoms. The van der Waals surface area contributed by atoms with Gasteiger partial charge in [0.1, 0.15) is 6.10 Å². The fourth-order valence-electron chi connectivity index (χ4n) is 7.68. The molecule has 5 atom stereocenters. The largest absolute Gasteiger partial charge is 0.462 e.